The lowest BCUT2D eigenvalue weighted by atomic mass is 9.73. The molecule has 0 unspecified atom stereocenters. The van der Waals surface area contributed by atoms with E-state index in [4.69, 9.17) is 4.74 Å². The van der Waals surface area contributed by atoms with E-state index in [0.717, 1.165) is 31.1 Å². The molecule has 0 bridgehead atoms. The first-order chi connectivity index (χ1) is 17.9. The molecule has 1 aliphatic heterocycles. The minimum absolute atomic E-state index is 0.114. The number of ether oxygens (including phenoxy) is 1. The third kappa shape index (κ3) is 5.18. The van der Waals surface area contributed by atoms with E-state index in [-0.39, 0.29) is 35.7 Å². The van der Waals surface area contributed by atoms with Gasteiger partial charge in [-0.05, 0) is 80.3 Å². The van der Waals surface area contributed by atoms with E-state index in [1.54, 1.807) is 24.3 Å². The zero-order valence-corrected chi connectivity index (χ0v) is 20.8. The first-order valence-electron chi connectivity index (χ1n) is 12.9. The van der Waals surface area contributed by atoms with Gasteiger partial charge in [0, 0.05) is 23.5 Å². The van der Waals surface area contributed by atoms with E-state index in [1.165, 1.54) is 13.2 Å². The molecule has 2 N–H and O–H groups in total. The number of hydrogen-bond donors (Lipinski definition) is 2. The maximum Gasteiger partial charge on any atom is 0.308 e. The van der Waals surface area contributed by atoms with Gasteiger partial charge in [-0.15, -0.1) is 0 Å². The summed E-state index contributed by atoms with van der Waals surface area (Å²) in [6, 6.07) is 12.2. The zero-order chi connectivity index (χ0) is 26.1. The molecule has 8 heteroatoms. The van der Waals surface area contributed by atoms with Crippen molar-refractivity contribution in [2.75, 3.05) is 20.2 Å². The molecular weight excluding hydrogens is 478 g/mol. The van der Waals surface area contributed by atoms with Crippen molar-refractivity contribution in [2.24, 2.45) is 11.8 Å². The first kappa shape index (κ1) is 25.5. The summed E-state index contributed by atoms with van der Waals surface area (Å²) in [4.78, 5) is 18.5. The molecule has 37 heavy (non-hydrogen) atoms. The quantitative estimate of drug-likeness (QED) is 0.428. The molecule has 3 atom stereocenters. The summed E-state index contributed by atoms with van der Waals surface area (Å²) in [5.74, 6) is -1.58. The number of aromatic nitrogens is 1. The smallest absolute Gasteiger partial charge is 0.308 e. The number of hydrogen-bond acceptors (Lipinski definition) is 5. The Hall–Kier alpha value is -3.10. The second kappa shape index (κ2) is 10.7. The number of fused-ring (bicyclic) bond motifs is 1. The molecular formula is C29H32F2N2O4. The van der Waals surface area contributed by atoms with Crippen molar-refractivity contribution >= 4 is 16.9 Å². The van der Waals surface area contributed by atoms with Crippen molar-refractivity contribution in [1.82, 2.24) is 9.88 Å². The number of carbonyl (C=O) groups is 1. The van der Waals surface area contributed by atoms with Crippen LogP contribution in [0.4, 0.5) is 8.78 Å². The molecule has 2 aliphatic rings. The van der Waals surface area contributed by atoms with Crippen LogP contribution < -0.4 is 4.74 Å². The maximum absolute atomic E-state index is 14.8. The van der Waals surface area contributed by atoms with Gasteiger partial charge in [-0.25, -0.2) is 8.78 Å². The van der Waals surface area contributed by atoms with Crippen LogP contribution in [0.25, 0.3) is 10.9 Å². The van der Waals surface area contributed by atoms with Gasteiger partial charge in [-0.3, -0.25) is 14.7 Å². The Labute approximate surface area is 214 Å². The highest BCUT2D eigenvalue weighted by atomic mass is 19.1. The Morgan fingerprint density at radius 2 is 1.97 bits per heavy atom. The standard InChI is InChI=1S/C29H32F2N2O4/c1-37-20-7-8-26-22(14-20)28(25(31)15-32-26)27(34)9-6-17-10-11-33(16-23(17)29(35)36)19-12-18(13-19)21-4-2-3-5-24(21)30/h2-5,7-8,14-15,17-19,23,27,34H,6,9-13,16H2,1H3,(H,35,36)/t17-,18?,19?,23+,27+/m1/s1. The van der Waals surface area contributed by atoms with Gasteiger partial charge >= 0.3 is 5.97 Å². The number of aliphatic hydroxyl groups is 1. The molecule has 2 aromatic carbocycles. The van der Waals surface area contributed by atoms with E-state index >= 15 is 0 Å². The number of methoxy groups -OCH3 is 1. The molecule has 196 valence electrons. The van der Waals surface area contributed by atoms with Gasteiger partial charge in [0.1, 0.15) is 17.4 Å². The second-order valence-corrected chi connectivity index (χ2v) is 10.3. The number of likely N-dealkylation sites (tertiary alicyclic amines) is 1. The predicted octanol–water partition coefficient (Wildman–Crippen LogP) is 5.30. The predicted molar refractivity (Wildman–Crippen MR) is 135 cm³/mol. The lowest BCUT2D eigenvalue weighted by molar-refractivity contribution is -0.147. The van der Waals surface area contributed by atoms with Crippen LogP contribution in [-0.2, 0) is 4.79 Å². The van der Waals surface area contributed by atoms with Crippen LogP contribution >= 0.6 is 0 Å². The van der Waals surface area contributed by atoms with Gasteiger partial charge in [0.2, 0.25) is 0 Å². The van der Waals surface area contributed by atoms with Crippen LogP contribution in [-0.4, -0.2) is 52.3 Å². The fraction of sp³-hybridized carbons (Fsp3) is 0.448. The minimum atomic E-state index is -1.08. The maximum atomic E-state index is 14.8. The number of carboxylic acid groups (broad SMARTS) is 1. The van der Waals surface area contributed by atoms with Crippen LogP contribution in [0.15, 0.2) is 48.7 Å². The zero-order valence-electron chi connectivity index (χ0n) is 20.8. The summed E-state index contributed by atoms with van der Waals surface area (Å²) in [6.45, 7) is 1.21. The normalized spacial score (nSPS) is 25.0. The lowest BCUT2D eigenvalue weighted by Gasteiger charge is -2.47. The summed E-state index contributed by atoms with van der Waals surface area (Å²) in [6.07, 6.45) is 3.10. The number of rotatable bonds is 8. The molecule has 6 nitrogen and oxygen atoms in total. The average molecular weight is 511 g/mol. The molecule has 5 rings (SSSR count). The van der Waals surface area contributed by atoms with Gasteiger partial charge in [-0.2, -0.15) is 0 Å². The summed E-state index contributed by atoms with van der Waals surface area (Å²) >= 11 is 0. The number of nitrogens with zero attached hydrogens (tertiary/aromatic N) is 2. The van der Waals surface area contributed by atoms with Gasteiger partial charge in [-0.1, -0.05) is 18.2 Å². The number of piperidine rings is 1. The van der Waals surface area contributed by atoms with E-state index in [9.17, 15) is 23.8 Å². The Balaban J connectivity index is 1.22. The second-order valence-electron chi connectivity index (χ2n) is 10.3. The number of benzene rings is 2. The molecule has 2 fully saturated rings. The van der Waals surface area contributed by atoms with Crippen LogP contribution in [0.5, 0.6) is 5.75 Å². The number of aliphatic hydroxyl groups excluding tert-OH is 1. The third-order valence-corrected chi connectivity index (χ3v) is 8.29. The Kier molecular flexibility index (Phi) is 7.40. The molecule has 1 aromatic heterocycles. The number of carboxylic acids is 1. The van der Waals surface area contributed by atoms with Crippen molar-refractivity contribution in [2.45, 2.75) is 50.2 Å². The number of halogens is 2. The molecule has 0 amide bonds. The minimum Gasteiger partial charge on any atom is -0.497 e. The molecule has 0 radical (unpaired) electrons. The summed E-state index contributed by atoms with van der Waals surface area (Å²) in [7, 11) is 1.52. The SMILES string of the molecule is COc1ccc2ncc(F)c([C@@H](O)CC[C@@H]3CCN(C4CC(c5ccccc5F)C4)C[C@@H]3C(=O)O)c2c1. The topological polar surface area (TPSA) is 82.9 Å². The molecule has 2 heterocycles. The molecule has 1 saturated carbocycles. The van der Waals surface area contributed by atoms with Crippen LogP contribution in [0.1, 0.15) is 55.3 Å². The van der Waals surface area contributed by atoms with Crippen LogP contribution in [0, 0.1) is 23.5 Å². The summed E-state index contributed by atoms with van der Waals surface area (Å²) in [5, 5.41) is 21.4. The van der Waals surface area contributed by atoms with Gasteiger partial charge in [0.25, 0.3) is 0 Å². The third-order valence-electron chi connectivity index (χ3n) is 8.29. The Morgan fingerprint density at radius 3 is 2.70 bits per heavy atom. The first-order valence-corrected chi connectivity index (χ1v) is 12.9. The van der Waals surface area contributed by atoms with E-state index in [1.807, 2.05) is 12.1 Å². The molecule has 0 spiro atoms. The van der Waals surface area contributed by atoms with Gasteiger partial charge in [0.15, 0.2) is 0 Å². The number of aliphatic carboxylic acids is 1. The highest BCUT2D eigenvalue weighted by Gasteiger charge is 2.41. The average Bonchev–Trinajstić information content (AvgIpc) is 2.87. The molecule has 3 aromatic rings. The largest absolute Gasteiger partial charge is 0.497 e. The van der Waals surface area contributed by atoms with Crippen molar-refractivity contribution < 1.29 is 28.5 Å². The van der Waals surface area contributed by atoms with Crippen molar-refractivity contribution in [1.29, 1.82) is 0 Å². The van der Waals surface area contributed by atoms with Crippen LogP contribution in [0.2, 0.25) is 0 Å². The van der Waals surface area contributed by atoms with Crippen molar-refractivity contribution in [3.05, 3.63) is 71.4 Å². The fourth-order valence-corrected chi connectivity index (χ4v) is 6.08. The number of pyridine rings is 1. The Bertz CT molecular complexity index is 1280. The summed E-state index contributed by atoms with van der Waals surface area (Å²) in [5.41, 5.74) is 1.47. The summed E-state index contributed by atoms with van der Waals surface area (Å²) < 4.78 is 34.1. The molecule has 1 aliphatic carbocycles. The van der Waals surface area contributed by atoms with Crippen molar-refractivity contribution in [3.8, 4) is 5.75 Å². The van der Waals surface area contributed by atoms with Gasteiger partial charge < -0.3 is 14.9 Å². The van der Waals surface area contributed by atoms with Gasteiger partial charge in [0.05, 0.1) is 30.8 Å². The van der Waals surface area contributed by atoms with E-state index in [2.05, 4.69) is 9.88 Å². The fourth-order valence-electron chi connectivity index (χ4n) is 6.08. The molecule has 1 saturated heterocycles. The monoisotopic (exact) mass is 510 g/mol. The van der Waals surface area contributed by atoms with Crippen molar-refractivity contribution in [3.63, 3.8) is 0 Å². The Morgan fingerprint density at radius 1 is 1.19 bits per heavy atom. The lowest BCUT2D eigenvalue weighted by Crippen LogP contribution is -2.52. The highest BCUT2D eigenvalue weighted by molar-refractivity contribution is 5.84. The van der Waals surface area contributed by atoms with E-state index in [0.29, 0.717) is 36.0 Å². The van der Waals surface area contributed by atoms with E-state index < -0.39 is 23.8 Å². The highest BCUT2D eigenvalue weighted by Crippen LogP contribution is 2.43. The van der Waals surface area contributed by atoms with Crippen LogP contribution in [0.3, 0.4) is 0 Å².